The molecule has 0 saturated heterocycles. The Morgan fingerprint density at radius 3 is 2.81 bits per heavy atom. The Kier molecular flexibility index (Phi) is 4.51. The van der Waals surface area contributed by atoms with Crippen LogP contribution in [0, 0.1) is 0 Å². The molecule has 1 saturated carbocycles. The van der Waals surface area contributed by atoms with E-state index in [4.69, 9.17) is 15.2 Å². The van der Waals surface area contributed by atoms with Crippen molar-refractivity contribution in [2.24, 2.45) is 5.73 Å². The molecule has 1 aromatic carbocycles. The first kappa shape index (κ1) is 14.9. The lowest BCUT2D eigenvalue weighted by atomic mass is 9.76. The molecule has 21 heavy (non-hydrogen) atoms. The second-order valence-electron chi connectivity index (χ2n) is 6.32. The maximum absolute atomic E-state index is 6.71. The van der Waals surface area contributed by atoms with Gasteiger partial charge in [0, 0.05) is 12.2 Å². The van der Waals surface area contributed by atoms with Crippen molar-refractivity contribution < 1.29 is 9.47 Å². The summed E-state index contributed by atoms with van der Waals surface area (Å²) >= 11 is 0. The van der Waals surface area contributed by atoms with Gasteiger partial charge in [-0.3, -0.25) is 0 Å². The van der Waals surface area contributed by atoms with Gasteiger partial charge in [0.1, 0.15) is 5.75 Å². The van der Waals surface area contributed by atoms with E-state index in [2.05, 4.69) is 25.1 Å². The maximum atomic E-state index is 6.71. The van der Waals surface area contributed by atoms with Crippen LogP contribution in [0.25, 0.3) is 0 Å². The number of benzene rings is 1. The Hall–Kier alpha value is -1.06. The summed E-state index contributed by atoms with van der Waals surface area (Å²) in [4.78, 5) is 0. The van der Waals surface area contributed by atoms with E-state index in [9.17, 15) is 0 Å². The molecule has 3 heteroatoms. The minimum atomic E-state index is -0.205. The number of para-hydroxylation sites is 1. The molecule has 1 fully saturated rings. The molecule has 1 aliphatic heterocycles. The smallest absolute Gasteiger partial charge is 0.127 e. The van der Waals surface area contributed by atoms with Gasteiger partial charge in [-0.1, -0.05) is 37.5 Å². The van der Waals surface area contributed by atoms with Gasteiger partial charge in [-0.15, -0.1) is 0 Å². The third kappa shape index (κ3) is 2.82. The minimum absolute atomic E-state index is 0.0919. The first-order valence-electron chi connectivity index (χ1n) is 8.41. The molecule has 0 amide bonds. The predicted octanol–water partition coefficient (Wildman–Crippen LogP) is 3.75. The highest BCUT2D eigenvalue weighted by molar-refractivity contribution is 5.45. The van der Waals surface area contributed by atoms with Gasteiger partial charge in [-0.25, -0.2) is 0 Å². The number of rotatable bonds is 4. The van der Waals surface area contributed by atoms with Gasteiger partial charge in [-0.2, -0.15) is 0 Å². The fraction of sp³-hybridized carbons (Fsp3) is 0.667. The number of ether oxygens (including phenoxy) is 2. The molecule has 1 aromatic rings. The summed E-state index contributed by atoms with van der Waals surface area (Å²) in [5.74, 6) is 1.03. The lowest BCUT2D eigenvalue weighted by molar-refractivity contribution is -0.0835. The Morgan fingerprint density at radius 1 is 1.24 bits per heavy atom. The average Bonchev–Trinajstić information content (AvgIpc) is 2.55. The fourth-order valence-electron chi connectivity index (χ4n) is 3.93. The number of hydrogen-bond donors (Lipinski definition) is 1. The average molecular weight is 289 g/mol. The number of nitrogens with two attached hydrogens (primary N) is 1. The van der Waals surface area contributed by atoms with Crippen LogP contribution in [-0.2, 0) is 11.2 Å². The largest absolute Gasteiger partial charge is 0.493 e. The van der Waals surface area contributed by atoms with Crippen molar-refractivity contribution in [3.8, 4) is 5.75 Å². The highest BCUT2D eigenvalue weighted by atomic mass is 16.5. The zero-order chi connectivity index (χ0) is 14.7. The van der Waals surface area contributed by atoms with E-state index in [0.717, 1.165) is 50.2 Å². The lowest BCUT2D eigenvalue weighted by Gasteiger charge is -2.42. The molecule has 0 aromatic heterocycles. The van der Waals surface area contributed by atoms with Gasteiger partial charge in [0.25, 0.3) is 0 Å². The first-order valence-corrected chi connectivity index (χ1v) is 8.41. The van der Waals surface area contributed by atoms with Gasteiger partial charge in [-0.05, 0) is 38.2 Å². The van der Waals surface area contributed by atoms with Gasteiger partial charge >= 0.3 is 0 Å². The van der Waals surface area contributed by atoms with Crippen molar-refractivity contribution in [2.75, 3.05) is 13.2 Å². The molecule has 3 rings (SSSR count). The van der Waals surface area contributed by atoms with Crippen molar-refractivity contribution in [3.05, 3.63) is 29.3 Å². The Balaban J connectivity index is 1.94. The third-order valence-corrected chi connectivity index (χ3v) is 5.00. The molecule has 0 spiro atoms. The molecule has 116 valence electrons. The van der Waals surface area contributed by atoms with Crippen molar-refractivity contribution in [1.29, 1.82) is 0 Å². The van der Waals surface area contributed by atoms with Crippen molar-refractivity contribution in [2.45, 2.75) is 63.5 Å². The van der Waals surface area contributed by atoms with Crippen LogP contribution in [0.5, 0.6) is 5.75 Å². The first-order chi connectivity index (χ1) is 10.3. The summed E-state index contributed by atoms with van der Waals surface area (Å²) in [6.45, 7) is 3.60. The monoisotopic (exact) mass is 289 g/mol. The maximum Gasteiger partial charge on any atom is 0.127 e. The quantitative estimate of drug-likeness (QED) is 0.918. The molecule has 3 nitrogen and oxygen atoms in total. The predicted molar refractivity (Wildman–Crippen MR) is 84.6 cm³/mol. The van der Waals surface area contributed by atoms with Crippen LogP contribution in [0.4, 0.5) is 0 Å². The zero-order valence-corrected chi connectivity index (χ0v) is 13.1. The van der Waals surface area contributed by atoms with Gasteiger partial charge in [0.2, 0.25) is 0 Å². The van der Waals surface area contributed by atoms with Gasteiger partial charge < -0.3 is 15.2 Å². The van der Waals surface area contributed by atoms with Crippen LogP contribution in [0.2, 0.25) is 0 Å². The van der Waals surface area contributed by atoms with E-state index in [1.54, 1.807) is 0 Å². The summed E-state index contributed by atoms with van der Waals surface area (Å²) in [5, 5.41) is 0. The van der Waals surface area contributed by atoms with Gasteiger partial charge in [0.15, 0.2) is 0 Å². The zero-order valence-electron chi connectivity index (χ0n) is 13.1. The molecule has 2 N–H and O–H groups in total. The third-order valence-electron chi connectivity index (χ3n) is 5.00. The van der Waals surface area contributed by atoms with E-state index in [1.807, 2.05) is 0 Å². The Labute approximate surface area is 127 Å². The van der Waals surface area contributed by atoms with E-state index < -0.39 is 0 Å². The number of aryl methyl sites for hydroxylation is 1. The van der Waals surface area contributed by atoms with Crippen LogP contribution in [0.3, 0.4) is 0 Å². The summed E-state index contributed by atoms with van der Waals surface area (Å²) in [7, 11) is 0. The second-order valence-corrected chi connectivity index (χ2v) is 6.32. The van der Waals surface area contributed by atoms with Crippen molar-refractivity contribution in [1.82, 2.24) is 0 Å². The topological polar surface area (TPSA) is 44.5 Å². The van der Waals surface area contributed by atoms with Crippen LogP contribution >= 0.6 is 0 Å². The molecule has 1 heterocycles. The summed E-state index contributed by atoms with van der Waals surface area (Å²) in [6.07, 6.45) is 8.04. The molecular weight excluding hydrogens is 262 g/mol. The molecule has 1 aliphatic carbocycles. The van der Waals surface area contributed by atoms with Crippen LogP contribution in [-0.4, -0.2) is 18.8 Å². The highest BCUT2D eigenvalue weighted by Crippen LogP contribution is 2.44. The van der Waals surface area contributed by atoms with E-state index >= 15 is 0 Å². The van der Waals surface area contributed by atoms with Crippen LogP contribution < -0.4 is 10.5 Å². The van der Waals surface area contributed by atoms with Crippen LogP contribution in [0.1, 0.15) is 62.6 Å². The highest BCUT2D eigenvalue weighted by Gasteiger charge is 2.41. The Morgan fingerprint density at radius 2 is 2.05 bits per heavy atom. The molecule has 1 atom stereocenters. The van der Waals surface area contributed by atoms with Crippen molar-refractivity contribution in [3.63, 3.8) is 0 Å². The molecule has 0 bridgehead atoms. The minimum Gasteiger partial charge on any atom is -0.493 e. The van der Waals surface area contributed by atoms with E-state index in [-0.39, 0.29) is 11.6 Å². The number of fused-ring (bicyclic) bond motifs is 1. The fourth-order valence-corrected chi connectivity index (χ4v) is 3.93. The van der Waals surface area contributed by atoms with E-state index in [1.165, 1.54) is 24.8 Å². The molecule has 0 radical (unpaired) electrons. The lowest BCUT2D eigenvalue weighted by Crippen LogP contribution is -2.45. The summed E-state index contributed by atoms with van der Waals surface area (Å²) in [6, 6.07) is 6.32. The molecule has 2 aliphatic rings. The summed E-state index contributed by atoms with van der Waals surface area (Å²) < 4.78 is 12.2. The standard InChI is InChI=1S/C18H27NO2/c1-2-21-18(11-4-3-5-12-18)17(19)15-10-6-8-14-9-7-13-20-16(14)15/h6,8,10,17H,2-5,7,9,11-13,19H2,1H3. The second kappa shape index (κ2) is 6.37. The normalized spacial score (nSPS) is 22.2. The Bertz CT molecular complexity index is 475. The van der Waals surface area contributed by atoms with Crippen LogP contribution in [0.15, 0.2) is 18.2 Å². The SMILES string of the molecule is CCOC1(C(N)c2cccc3c2OCCC3)CCCCC1. The molecule has 1 unspecified atom stereocenters. The van der Waals surface area contributed by atoms with Gasteiger partial charge in [0.05, 0.1) is 18.2 Å². The van der Waals surface area contributed by atoms with Crippen molar-refractivity contribution >= 4 is 0 Å². The summed E-state index contributed by atoms with van der Waals surface area (Å²) in [5.41, 5.74) is 8.95. The number of hydrogen-bond acceptors (Lipinski definition) is 3. The van der Waals surface area contributed by atoms with E-state index in [0.29, 0.717) is 0 Å². The molecular formula is C18H27NO2.